The van der Waals surface area contributed by atoms with Crippen molar-refractivity contribution in [3.05, 3.63) is 35.4 Å². The molecular formula is C16H22NO4PS2. The lowest BCUT2D eigenvalue weighted by molar-refractivity contribution is 0.0230. The molecule has 0 bridgehead atoms. The highest BCUT2D eigenvalue weighted by Crippen LogP contribution is 2.29. The van der Waals surface area contributed by atoms with Crippen LogP contribution in [0, 0.1) is 5.92 Å². The van der Waals surface area contributed by atoms with Gasteiger partial charge < -0.3 is 9.08 Å². The first kappa shape index (κ1) is 19.7. The van der Waals surface area contributed by atoms with E-state index in [0.717, 1.165) is 16.6 Å². The number of aliphatic hydroxyl groups excluding tert-OH is 1. The molecule has 1 aliphatic carbocycles. The molecule has 1 N–H and O–H groups in total. The quantitative estimate of drug-likeness (QED) is 0.352. The molecule has 1 aromatic rings. The normalized spacial score (nSPS) is 18.4. The number of thioether (sulfide) groups is 1. The number of aliphatic hydroxyl groups is 1. The number of fused-ring (bicyclic) bond motifs is 1. The summed E-state index contributed by atoms with van der Waals surface area (Å²) >= 11 is 4.88. The van der Waals surface area contributed by atoms with Gasteiger partial charge in [0.25, 0.3) is 11.8 Å². The fraction of sp³-hybridized carbons (Fsp3) is 0.500. The summed E-state index contributed by atoms with van der Waals surface area (Å²) < 4.78 is 3.86. The van der Waals surface area contributed by atoms with Crippen molar-refractivity contribution in [2.24, 2.45) is 5.92 Å². The molecule has 2 aliphatic rings. The molecule has 2 atom stereocenters. The smallest absolute Gasteiger partial charge is 0.263 e. The number of benzene rings is 1. The number of carbonyl (C=O) groups excluding carboxylic acids is 2. The van der Waals surface area contributed by atoms with Gasteiger partial charge in [0, 0.05) is 15.2 Å². The molecular weight excluding hydrogens is 365 g/mol. The van der Waals surface area contributed by atoms with Crippen LogP contribution in [0.15, 0.2) is 24.3 Å². The molecule has 2 unspecified atom stereocenters. The molecule has 1 saturated carbocycles. The van der Waals surface area contributed by atoms with Crippen LogP contribution >= 0.6 is 34.1 Å². The zero-order valence-electron chi connectivity index (χ0n) is 13.3. The van der Waals surface area contributed by atoms with Crippen molar-refractivity contribution >= 4 is 46.0 Å². The number of carbonyl (C=O) groups is 2. The van der Waals surface area contributed by atoms with Gasteiger partial charge in [-0.05, 0) is 49.6 Å². The molecule has 0 radical (unpaired) electrons. The molecule has 8 heteroatoms. The Hall–Kier alpha value is -0.590. The molecule has 0 spiro atoms. The van der Waals surface area contributed by atoms with Gasteiger partial charge in [-0.2, -0.15) is 11.8 Å². The van der Waals surface area contributed by atoms with Gasteiger partial charge in [0.1, 0.15) is 6.23 Å². The Morgan fingerprint density at radius 2 is 1.75 bits per heavy atom. The van der Waals surface area contributed by atoms with E-state index >= 15 is 0 Å². The monoisotopic (exact) mass is 387 g/mol. The third kappa shape index (κ3) is 4.73. The minimum atomic E-state index is -1.04. The number of thiol groups is 1. The summed E-state index contributed by atoms with van der Waals surface area (Å²) in [5.74, 6) is 1.35. The van der Waals surface area contributed by atoms with Crippen molar-refractivity contribution in [2.45, 2.75) is 31.9 Å². The lowest BCUT2D eigenvalue weighted by Gasteiger charge is -2.21. The van der Waals surface area contributed by atoms with Crippen LogP contribution in [0.3, 0.4) is 0 Å². The highest BCUT2D eigenvalue weighted by atomic mass is 32.2. The summed E-state index contributed by atoms with van der Waals surface area (Å²) in [7, 11) is 1.94. The van der Waals surface area contributed by atoms with E-state index in [2.05, 4.69) is 16.9 Å². The Morgan fingerprint density at radius 1 is 1.25 bits per heavy atom. The molecule has 24 heavy (non-hydrogen) atoms. The van der Waals surface area contributed by atoms with Crippen molar-refractivity contribution in [1.29, 1.82) is 0 Å². The van der Waals surface area contributed by atoms with Crippen molar-refractivity contribution in [3.8, 4) is 0 Å². The second kappa shape index (κ2) is 9.78. The highest BCUT2D eigenvalue weighted by molar-refractivity contribution is 7.99. The molecule has 132 valence electrons. The molecule has 1 aliphatic heterocycles. The van der Waals surface area contributed by atoms with Gasteiger partial charge in [-0.1, -0.05) is 25.0 Å². The maximum absolute atomic E-state index is 12.2. The lowest BCUT2D eigenvalue weighted by Crippen LogP contribution is -2.41. The van der Waals surface area contributed by atoms with Crippen molar-refractivity contribution in [3.63, 3.8) is 0 Å². The number of amides is 2. The number of rotatable bonds is 5. The van der Waals surface area contributed by atoms with Gasteiger partial charge in [0.05, 0.1) is 11.1 Å². The second-order valence-corrected chi connectivity index (χ2v) is 7.72. The maximum atomic E-state index is 12.2. The largest absolute Gasteiger partial charge is 0.372 e. The third-order valence-electron chi connectivity index (χ3n) is 4.22. The minimum absolute atomic E-state index is 0.385. The van der Waals surface area contributed by atoms with Gasteiger partial charge in [-0.15, -0.1) is 0 Å². The minimum Gasteiger partial charge on any atom is -0.372 e. The van der Waals surface area contributed by atoms with E-state index in [1.165, 1.54) is 25.7 Å². The average molecular weight is 387 g/mol. The maximum Gasteiger partial charge on any atom is 0.263 e. The van der Waals surface area contributed by atoms with Gasteiger partial charge in [-0.3, -0.25) is 9.59 Å². The summed E-state index contributed by atoms with van der Waals surface area (Å²) in [6.07, 6.45) is 4.08. The molecule has 1 aromatic carbocycles. The molecule has 0 aromatic heterocycles. The molecule has 0 saturated heterocycles. The number of hydrogen-bond donors (Lipinski definition) is 2. The first-order valence-electron chi connectivity index (χ1n) is 7.83. The van der Waals surface area contributed by atoms with Gasteiger partial charge in [0.2, 0.25) is 0 Å². The van der Waals surface area contributed by atoms with Crippen LogP contribution in [0.5, 0.6) is 0 Å². The Bertz CT molecular complexity index is 546. The summed E-state index contributed by atoms with van der Waals surface area (Å²) in [5, 5.41) is 10.2. The van der Waals surface area contributed by atoms with E-state index < -0.39 is 6.23 Å². The summed E-state index contributed by atoms with van der Waals surface area (Å²) in [5.41, 5.74) is 0.782. The van der Waals surface area contributed by atoms with E-state index in [0.29, 0.717) is 16.9 Å². The Kier molecular flexibility index (Phi) is 8.04. The summed E-state index contributed by atoms with van der Waals surface area (Å²) in [6, 6.07) is 6.73. The second-order valence-electron chi connectivity index (χ2n) is 5.80. The van der Waals surface area contributed by atoms with Gasteiger partial charge in [-0.25, -0.2) is 4.90 Å². The standard InChI is InChI=1S/C16H19NO3S.H3OPS/c18-14(10-21-9-11-5-1-2-6-11)17-15(19)12-7-3-4-8-13(12)16(17)20;2-1-3/h3-4,7-8,11,14,18H,1-2,5-6,9-10H2;3H,2H2. The first-order valence-corrected chi connectivity index (χ1v) is 9.82. The van der Waals surface area contributed by atoms with Crippen LogP contribution in [0.2, 0.25) is 0 Å². The van der Waals surface area contributed by atoms with Crippen LogP contribution in [0.25, 0.3) is 0 Å². The number of hydrogen-bond acceptors (Lipinski definition) is 6. The summed E-state index contributed by atoms with van der Waals surface area (Å²) in [6.45, 7) is 0. The van der Waals surface area contributed by atoms with Crippen LogP contribution in [0.4, 0.5) is 0 Å². The highest BCUT2D eigenvalue weighted by Gasteiger charge is 2.39. The van der Waals surface area contributed by atoms with E-state index in [-0.39, 0.29) is 11.8 Å². The number of imide groups is 1. The van der Waals surface area contributed by atoms with Crippen LogP contribution in [-0.2, 0) is 3.97 Å². The topological polar surface area (TPSA) is 66.8 Å². The van der Waals surface area contributed by atoms with Gasteiger partial charge in [0.15, 0.2) is 0 Å². The van der Waals surface area contributed by atoms with Crippen LogP contribution in [-0.4, -0.2) is 39.6 Å². The Balaban J connectivity index is 0.000000647. The zero-order valence-corrected chi connectivity index (χ0v) is 16.1. The first-order chi connectivity index (χ1) is 11.6. The zero-order chi connectivity index (χ0) is 17.5. The van der Waals surface area contributed by atoms with E-state index in [1.807, 2.05) is 9.47 Å². The van der Waals surface area contributed by atoms with E-state index in [9.17, 15) is 14.7 Å². The fourth-order valence-corrected chi connectivity index (χ4v) is 4.23. The molecule has 2 amide bonds. The van der Waals surface area contributed by atoms with Crippen molar-refractivity contribution in [2.75, 3.05) is 11.5 Å². The number of nitrogens with zero attached hydrogens (tertiary/aromatic N) is 1. The average Bonchev–Trinajstić information content (AvgIpc) is 3.16. The Morgan fingerprint density at radius 3 is 2.25 bits per heavy atom. The van der Waals surface area contributed by atoms with Crippen LogP contribution in [0.1, 0.15) is 46.4 Å². The predicted molar refractivity (Wildman–Crippen MR) is 102 cm³/mol. The lowest BCUT2D eigenvalue weighted by atomic mass is 10.1. The molecule has 1 heterocycles. The van der Waals surface area contributed by atoms with E-state index in [1.54, 1.807) is 36.0 Å². The third-order valence-corrected chi connectivity index (χ3v) is 5.46. The van der Waals surface area contributed by atoms with Gasteiger partial charge >= 0.3 is 0 Å². The molecule has 5 nitrogen and oxygen atoms in total. The van der Waals surface area contributed by atoms with E-state index in [4.69, 9.17) is 0 Å². The molecule has 1 fully saturated rings. The summed E-state index contributed by atoms with van der Waals surface area (Å²) in [4.78, 5) is 25.4. The van der Waals surface area contributed by atoms with Crippen LogP contribution < -0.4 is 0 Å². The van der Waals surface area contributed by atoms with Crippen molar-refractivity contribution in [1.82, 2.24) is 4.90 Å². The van der Waals surface area contributed by atoms with Crippen molar-refractivity contribution < 1.29 is 18.7 Å². The SMILES string of the molecule is O=C1c2ccccc2C(=O)N1C(O)CSCC1CCCC1.POS. The molecule has 3 rings (SSSR count). The Labute approximate surface area is 154 Å². The predicted octanol–water partition coefficient (Wildman–Crippen LogP) is 3.16. The fourth-order valence-electron chi connectivity index (χ4n) is 3.07.